The number of carbonyl (C=O) groups excluding carboxylic acids is 4. The normalized spacial score (nSPS) is 26.0. The molecule has 2 aliphatic rings. The van der Waals surface area contributed by atoms with E-state index in [1.807, 2.05) is 0 Å². The summed E-state index contributed by atoms with van der Waals surface area (Å²) < 4.78 is 14.8. The summed E-state index contributed by atoms with van der Waals surface area (Å²) in [6.45, 7) is 1.44. The van der Waals surface area contributed by atoms with Gasteiger partial charge in [0.1, 0.15) is 22.8 Å². The molecule has 0 spiro atoms. The number of carbonyl (C=O) groups is 4. The Morgan fingerprint density at radius 1 is 1.03 bits per heavy atom. The summed E-state index contributed by atoms with van der Waals surface area (Å²) in [5.74, 6) is -6.41. The molecule has 11 heteroatoms. The maximum absolute atomic E-state index is 13.4. The summed E-state index contributed by atoms with van der Waals surface area (Å²) in [6, 6.07) is 2.43. The number of phenolic OH excluding ortho intramolecular Hbond substituents is 1. The standard InChI is InChI=1S/C23H20O11/c1-8-14-9(6-11(32-2)15(8)21(29)34-4)5-10-16(17(14)25)20(28)22(30)13(24)7-12(33-3)19(27)23(22,31)18(10)26/h5-7,19,25,27,30-31H,1-4H3. The van der Waals surface area contributed by atoms with Crippen molar-refractivity contribution in [2.45, 2.75) is 24.2 Å². The molecule has 0 fully saturated rings. The number of aromatic hydroxyl groups is 1. The van der Waals surface area contributed by atoms with E-state index >= 15 is 0 Å². The summed E-state index contributed by atoms with van der Waals surface area (Å²) in [6.07, 6.45) is -1.67. The highest BCUT2D eigenvalue weighted by Gasteiger charge is 2.73. The van der Waals surface area contributed by atoms with Crippen LogP contribution in [0.5, 0.6) is 11.5 Å². The molecule has 3 unspecified atom stereocenters. The average Bonchev–Trinajstić information content (AvgIpc) is 2.81. The zero-order chi connectivity index (χ0) is 25.3. The number of ketones is 3. The third kappa shape index (κ3) is 2.51. The lowest BCUT2D eigenvalue weighted by molar-refractivity contribution is -0.172. The van der Waals surface area contributed by atoms with Crippen molar-refractivity contribution >= 4 is 34.1 Å². The molecule has 2 aromatic carbocycles. The van der Waals surface area contributed by atoms with Crippen molar-refractivity contribution in [1.29, 1.82) is 0 Å². The predicted molar refractivity (Wildman–Crippen MR) is 113 cm³/mol. The lowest BCUT2D eigenvalue weighted by atomic mass is 9.60. The molecule has 11 nitrogen and oxygen atoms in total. The topological polar surface area (TPSA) is 177 Å². The minimum absolute atomic E-state index is 0.0403. The Hall–Kier alpha value is -3.80. The quantitative estimate of drug-likeness (QED) is 0.348. The van der Waals surface area contributed by atoms with Crippen molar-refractivity contribution < 1.29 is 53.8 Å². The smallest absolute Gasteiger partial charge is 0.341 e. The van der Waals surface area contributed by atoms with Gasteiger partial charge in [0.15, 0.2) is 6.10 Å². The van der Waals surface area contributed by atoms with Crippen LogP contribution in [0.1, 0.15) is 36.6 Å². The Balaban J connectivity index is 2.13. The van der Waals surface area contributed by atoms with Gasteiger partial charge in [0, 0.05) is 17.0 Å². The van der Waals surface area contributed by atoms with Gasteiger partial charge in [0.2, 0.25) is 28.6 Å². The first-order chi connectivity index (χ1) is 15.9. The second-order valence-electron chi connectivity index (χ2n) is 7.97. The number of aliphatic hydroxyl groups is 3. The molecule has 4 N–H and O–H groups in total. The molecule has 2 aliphatic carbocycles. The van der Waals surface area contributed by atoms with Crippen molar-refractivity contribution in [2.24, 2.45) is 0 Å². The minimum atomic E-state index is -3.44. The number of hydrogen-bond donors (Lipinski definition) is 4. The zero-order valence-corrected chi connectivity index (χ0v) is 18.5. The first kappa shape index (κ1) is 23.4. The highest BCUT2D eigenvalue weighted by molar-refractivity contribution is 6.35. The van der Waals surface area contributed by atoms with Crippen LogP contribution in [0.3, 0.4) is 0 Å². The molecule has 4 rings (SSSR count). The lowest BCUT2D eigenvalue weighted by Gasteiger charge is -2.47. The number of hydrogen-bond acceptors (Lipinski definition) is 11. The van der Waals surface area contributed by atoms with E-state index in [0.717, 1.165) is 20.3 Å². The summed E-state index contributed by atoms with van der Waals surface area (Å²) in [7, 11) is 3.48. The highest BCUT2D eigenvalue weighted by atomic mass is 16.5. The van der Waals surface area contributed by atoms with Crippen LogP contribution in [0, 0.1) is 6.92 Å². The second kappa shape index (κ2) is 7.35. The van der Waals surface area contributed by atoms with Crippen LogP contribution in [-0.2, 0) is 14.3 Å². The second-order valence-corrected chi connectivity index (χ2v) is 7.97. The third-order valence-electron chi connectivity index (χ3n) is 6.45. The Labute approximate surface area is 191 Å². The lowest BCUT2D eigenvalue weighted by Crippen LogP contribution is -2.76. The molecule has 0 saturated carbocycles. The van der Waals surface area contributed by atoms with Gasteiger partial charge < -0.3 is 34.6 Å². The molecule has 0 amide bonds. The SMILES string of the molecule is COC(=O)c1c(OC)cc2cc3c(c(O)c2c1C)C(=O)C1(O)C(=O)C=C(OC)C(O)C1(O)C3=O. The molecular formula is C23H20O11. The van der Waals surface area contributed by atoms with Crippen molar-refractivity contribution in [3.63, 3.8) is 0 Å². The van der Waals surface area contributed by atoms with E-state index in [9.17, 15) is 39.6 Å². The van der Waals surface area contributed by atoms with Gasteiger partial charge in [-0.25, -0.2) is 4.79 Å². The largest absolute Gasteiger partial charge is 0.507 e. The fraction of sp³-hybridized carbons (Fsp3) is 0.304. The molecular weight excluding hydrogens is 452 g/mol. The number of aliphatic hydroxyl groups excluding tert-OH is 1. The number of Topliss-reactive ketones (excluding diaryl/α,β-unsaturated/α-hetero) is 2. The summed E-state index contributed by atoms with van der Waals surface area (Å²) in [5, 5.41) is 44.0. The molecule has 2 aromatic rings. The van der Waals surface area contributed by atoms with Crippen LogP contribution >= 0.6 is 0 Å². The molecule has 0 aliphatic heterocycles. The number of esters is 1. The van der Waals surface area contributed by atoms with Crippen molar-refractivity contribution in [2.75, 3.05) is 21.3 Å². The first-order valence-electron chi connectivity index (χ1n) is 9.89. The van der Waals surface area contributed by atoms with Crippen molar-refractivity contribution in [1.82, 2.24) is 0 Å². The number of benzene rings is 2. The van der Waals surface area contributed by atoms with E-state index < -0.39 is 63.3 Å². The Morgan fingerprint density at radius 2 is 1.68 bits per heavy atom. The fourth-order valence-corrected chi connectivity index (χ4v) is 4.68. The highest BCUT2D eigenvalue weighted by Crippen LogP contribution is 2.49. The number of methoxy groups -OCH3 is 3. The molecule has 34 heavy (non-hydrogen) atoms. The number of aryl methyl sites for hydroxylation is 1. The number of rotatable bonds is 3. The van der Waals surface area contributed by atoms with Gasteiger partial charge in [-0.05, 0) is 30.0 Å². The molecule has 0 aromatic heterocycles. The van der Waals surface area contributed by atoms with Crippen molar-refractivity contribution in [3.8, 4) is 11.5 Å². The van der Waals surface area contributed by atoms with Gasteiger partial charge in [-0.2, -0.15) is 0 Å². The molecule has 0 bridgehead atoms. The van der Waals surface area contributed by atoms with E-state index in [2.05, 4.69) is 0 Å². The summed E-state index contributed by atoms with van der Waals surface area (Å²) >= 11 is 0. The number of fused-ring (bicyclic) bond motifs is 3. The van der Waals surface area contributed by atoms with E-state index in [-0.39, 0.29) is 27.6 Å². The molecule has 3 atom stereocenters. The number of phenols is 1. The van der Waals surface area contributed by atoms with E-state index in [4.69, 9.17) is 14.2 Å². The fourth-order valence-electron chi connectivity index (χ4n) is 4.68. The summed E-state index contributed by atoms with van der Waals surface area (Å²) in [4.78, 5) is 51.9. The van der Waals surface area contributed by atoms with Crippen molar-refractivity contribution in [3.05, 3.63) is 46.2 Å². The van der Waals surface area contributed by atoms with Gasteiger partial charge in [-0.1, -0.05) is 0 Å². The van der Waals surface area contributed by atoms with Crippen LogP contribution in [0.2, 0.25) is 0 Å². The average molecular weight is 472 g/mol. The minimum Gasteiger partial charge on any atom is -0.507 e. The van der Waals surface area contributed by atoms with E-state index in [1.54, 1.807) is 0 Å². The zero-order valence-electron chi connectivity index (χ0n) is 18.5. The van der Waals surface area contributed by atoms with Gasteiger partial charge in [-0.15, -0.1) is 0 Å². The van der Waals surface area contributed by atoms with Gasteiger partial charge in [-0.3, -0.25) is 14.4 Å². The van der Waals surface area contributed by atoms with Crippen LogP contribution < -0.4 is 4.74 Å². The van der Waals surface area contributed by atoms with Crippen LogP contribution in [0.4, 0.5) is 0 Å². The maximum Gasteiger partial charge on any atom is 0.341 e. The maximum atomic E-state index is 13.4. The van der Waals surface area contributed by atoms with Gasteiger partial charge in [0.05, 0.1) is 26.9 Å². The Kier molecular flexibility index (Phi) is 5.05. The van der Waals surface area contributed by atoms with Gasteiger partial charge in [0.25, 0.3) is 0 Å². The van der Waals surface area contributed by atoms with Crippen LogP contribution in [0.25, 0.3) is 10.8 Å². The molecule has 0 saturated heterocycles. The Bertz CT molecular complexity index is 1350. The molecule has 178 valence electrons. The molecule has 0 heterocycles. The first-order valence-corrected chi connectivity index (χ1v) is 9.89. The van der Waals surface area contributed by atoms with E-state index in [0.29, 0.717) is 6.08 Å². The van der Waals surface area contributed by atoms with Crippen LogP contribution in [0.15, 0.2) is 24.0 Å². The predicted octanol–water partition coefficient (Wildman–Crippen LogP) is -0.0359. The third-order valence-corrected chi connectivity index (χ3v) is 6.45. The molecule has 0 radical (unpaired) electrons. The monoisotopic (exact) mass is 472 g/mol. The summed E-state index contributed by atoms with van der Waals surface area (Å²) in [5.41, 5.74) is -7.99. The number of ether oxygens (including phenoxy) is 3. The van der Waals surface area contributed by atoms with E-state index in [1.165, 1.54) is 20.1 Å². The Morgan fingerprint density at radius 3 is 2.24 bits per heavy atom. The van der Waals surface area contributed by atoms with Gasteiger partial charge >= 0.3 is 5.97 Å². The van der Waals surface area contributed by atoms with Crippen LogP contribution in [-0.4, -0.2) is 82.4 Å².